The third-order valence-corrected chi connectivity index (χ3v) is 2.24. The molecule has 0 N–H and O–H groups in total. The zero-order valence-electron chi connectivity index (χ0n) is 7.73. The topological polar surface area (TPSA) is 20.3 Å². The minimum absolute atomic E-state index is 0.411. The Bertz CT molecular complexity index is 241. The molecule has 14 heavy (non-hydrogen) atoms. The first-order valence-electron chi connectivity index (χ1n) is 4.48. The third-order valence-electron chi connectivity index (χ3n) is 2.24. The van der Waals surface area contributed by atoms with Crippen molar-refractivity contribution in [2.24, 2.45) is 0 Å². The molecule has 1 aliphatic rings. The van der Waals surface area contributed by atoms with E-state index < -0.39 is 17.7 Å². The van der Waals surface area contributed by atoms with Gasteiger partial charge in [-0.1, -0.05) is 6.58 Å². The van der Waals surface area contributed by atoms with Gasteiger partial charge in [-0.15, -0.1) is 0 Å². The second-order valence-electron chi connectivity index (χ2n) is 3.33. The summed E-state index contributed by atoms with van der Waals surface area (Å²) in [6, 6.07) is 0. The van der Waals surface area contributed by atoms with Gasteiger partial charge in [0.05, 0.1) is 0 Å². The molecular formula is C9H12F3NO. The average Bonchev–Trinajstić information content (AvgIpc) is 2.15. The van der Waals surface area contributed by atoms with E-state index in [0.717, 1.165) is 19.3 Å². The summed E-state index contributed by atoms with van der Waals surface area (Å²) in [6.45, 7) is 3.61. The molecule has 0 aliphatic carbocycles. The second kappa shape index (κ2) is 4.02. The summed E-state index contributed by atoms with van der Waals surface area (Å²) in [5.41, 5.74) is -1.26. The Morgan fingerprint density at radius 3 is 2.07 bits per heavy atom. The highest BCUT2D eigenvalue weighted by atomic mass is 19.4. The van der Waals surface area contributed by atoms with Crippen LogP contribution < -0.4 is 0 Å². The number of carbonyl (C=O) groups is 1. The quantitative estimate of drug-likeness (QED) is 0.603. The van der Waals surface area contributed by atoms with Crippen LogP contribution in [0.5, 0.6) is 0 Å². The Morgan fingerprint density at radius 2 is 1.64 bits per heavy atom. The van der Waals surface area contributed by atoms with Crippen molar-refractivity contribution >= 4 is 5.91 Å². The van der Waals surface area contributed by atoms with Crippen LogP contribution in [0.1, 0.15) is 19.3 Å². The Kier molecular flexibility index (Phi) is 3.18. The van der Waals surface area contributed by atoms with Gasteiger partial charge in [-0.25, -0.2) is 0 Å². The SMILES string of the molecule is C=C(C(=O)N1CCCCC1)C(F)(F)F. The number of amides is 1. The monoisotopic (exact) mass is 207 g/mol. The van der Waals surface area contributed by atoms with Crippen molar-refractivity contribution in [3.8, 4) is 0 Å². The fourth-order valence-electron chi connectivity index (χ4n) is 1.41. The largest absolute Gasteiger partial charge is 0.421 e. The van der Waals surface area contributed by atoms with E-state index in [0.29, 0.717) is 13.1 Å². The van der Waals surface area contributed by atoms with Crippen LogP contribution in [0.25, 0.3) is 0 Å². The van der Waals surface area contributed by atoms with Crippen LogP contribution in [-0.4, -0.2) is 30.1 Å². The summed E-state index contributed by atoms with van der Waals surface area (Å²) < 4.78 is 36.3. The third kappa shape index (κ3) is 2.49. The molecule has 0 aromatic heterocycles. The van der Waals surface area contributed by atoms with E-state index in [2.05, 4.69) is 6.58 Å². The molecule has 0 spiro atoms. The van der Waals surface area contributed by atoms with Gasteiger partial charge in [0.1, 0.15) is 5.57 Å². The molecule has 0 aromatic rings. The van der Waals surface area contributed by atoms with Crippen LogP contribution >= 0.6 is 0 Å². The van der Waals surface area contributed by atoms with Crippen molar-refractivity contribution < 1.29 is 18.0 Å². The minimum atomic E-state index is -4.60. The van der Waals surface area contributed by atoms with Gasteiger partial charge in [-0.3, -0.25) is 4.79 Å². The van der Waals surface area contributed by atoms with Crippen LogP contribution in [0.3, 0.4) is 0 Å². The van der Waals surface area contributed by atoms with Gasteiger partial charge in [0.15, 0.2) is 0 Å². The number of likely N-dealkylation sites (tertiary alicyclic amines) is 1. The van der Waals surface area contributed by atoms with Crippen molar-refractivity contribution in [2.45, 2.75) is 25.4 Å². The van der Waals surface area contributed by atoms with Gasteiger partial charge in [-0.2, -0.15) is 13.2 Å². The highest BCUT2D eigenvalue weighted by Crippen LogP contribution is 2.26. The smallest absolute Gasteiger partial charge is 0.339 e. The summed E-state index contributed by atoms with van der Waals surface area (Å²) in [5.74, 6) is -0.975. The van der Waals surface area contributed by atoms with Crippen LogP contribution in [0.2, 0.25) is 0 Å². The molecule has 1 rings (SSSR count). The van der Waals surface area contributed by atoms with Crippen molar-refractivity contribution in [3.63, 3.8) is 0 Å². The molecule has 2 nitrogen and oxygen atoms in total. The molecule has 0 unspecified atom stereocenters. The summed E-state index contributed by atoms with van der Waals surface area (Å²) in [6.07, 6.45) is -2.08. The van der Waals surface area contributed by atoms with E-state index in [1.54, 1.807) is 0 Å². The molecule has 1 saturated heterocycles. The summed E-state index contributed by atoms with van der Waals surface area (Å²) in [4.78, 5) is 12.5. The summed E-state index contributed by atoms with van der Waals surface area (Å²) in [5, 5.41) is 0. The number of nitrogens with zero attached hydrogens (tertiary/aromatic N) is 1. The predicted molar refractivity (Wildman–Crippen MR) is 45.6 cm³/mol. The van der Waals surface area contributed by atoms with Crippen LogP contribution in [-0.2, 0) is 4.79 Å². The van der Waals surface area contributed by atoms with Gasteiger partial charge in [0.25, 0.3) is 5.91 Å². The predicted octanol–water partition coefficient (Wildman–Crippen LogP) is 2.12. The molecule has 0 atom stereocenters. The maximum absolute atomic E-state index is 12.1. The fourth-order valence-corrected chi connectivity index (χ4v) is 1.41. The Morgan fingerprint density at radius 1 is 1.14 bits per heavy atom. The summed E-state index contributed by atoms with van der Waals surface area (Å²) >= 11 is 0. The van der Waals surface area contributed by atoms with Crippen LogP contribution in [0.4, 0.5) is 13.2 Å². The molecule has 0 aromatic carbocycles. The van der Waals surface area contributed by atoms with Gasteiger partial charge < -0.3 is 4.90 Å². The number of carbonyl (C=O) groups excluding carboxylic acids is 1. The van der Waals surface area contributed by atoms with E-state index >= 15 is 0 Å². The Hall–Kier alpha value is -1.00. The normalized spacial score (nSPS) is 18.1. The molecule has 1 amide bonds. The summed E-state index contributed by atoms with van der Waals surface area (Å²) in [7, 11) is 0. The number of hydrogen-bond donors (Lipinski definition) is 0. The van der Waals surface area contributed by atoms with E-state index in [9.17, 15) is 18.0 Å². The Labute approximate surface area is 80.4 Å². The number of rotatable bonds is 1. The first-order valence-corrected chi connectivity index (χ1v) is 4.48. The molecule has 80 valence electrons. The lowest BCUT2D eigenvalue weighted by Crippen LogP contribution is -2.39. The van der Waals surface area contributed by atoms with E-state index in [4.69, 9.17) is 0 Å². The maximum atomic E-state index is 12.1. The van der Waals surface area contributed by atoms with E-state index in [-0.39, 0.29) is 0 Å². The fraction of sp³-hybridized carbons (Fsp3) is 0.667. The first kappa shape index (κ1) is 11.1. The van der Waals surface area contributed by atoms with Crippen molar-refractivity contribution in [3.05, 3.63) is 12.2 Å². The molecule has 1 aliphatic heterocycles. The number of halogens is 3. The van der Waals surface area contributed by atoms with Crippen molar-refractivity contribution in [1.82, 2.24) is 4.90 Å². The van der Waals surface area contributed by atoms with Gasteiger partial charge >= 0.3 is 6.18 Å². The molecule has 1 heterocycles. The highest BCUT2D eigenvalue weighted by molar-refractivity contribution is 5.94. The first-order chi connectivity index (χ1) is 6.43. The van der Waals surface area contributed by atoms with Crippen molar-refractivity contribution in [2.75, 3.05) is 13.1 Å². The van der Waals surface area contributed by atoms with Crippen molar-refractivity contribution in [1.29, 1.82) is 0 Å². The number of piperidine rings is 1. The molecular weight excluding hydrogens is 195 g/mol. The number of alkyl halides is 3. The number of hydrogen-bond acceptors (Lipinski definition) is 1. The molecule has 0 bridgehead atoms. The van der Waals surface area contributed by atoms with Gasteiger partial charge in [-0.05, 0) is 19.3 Å². The molecule has 1 fully saturated rings. The molecule has 0 saturated carbocycles. The average molecular weight is 207 g/mol. The standard InChI is InChI=1S/C9H12F3NO/c1-7(9(10,11)12)8(14)13-5-3-2-4-6-13/h1-6H2. The lowest BCUT2D eigenvalue weighted by Gasteiger charge is -2.27. The van der Waals surface area contributed by atoms with Crippen LogP contribution in [0.15, 0.2) is 12.2 Å². The van der Waals surface area contributed by atoms with Gasteiger partial charge in [0.2, 0.25) is 0 Å². The van der Waals surface area contributed by atoms with Crippen LogP contribution in [0, 0.1) is 0 Å². The zero-order chi connectivity index (χ0) is 10.8. The van der Waals surface area contributed by atoms with E-state index in [1.165, 1.54) is 4.90 Å². The van der Waals surface area contributed by atoms with E-state index in [1.807, 2.05) is 0 Å². The van der Waals surface area contributed by atoms with Gasteiger partial charge in [0, 0.05) is 13.1 Å². The maximum Gasteiger partial charge on any atom is 0.421 e. The molecule has 0 radical (unpaired) electrons. The highest BCUT2D eigenvalue weighted by Gasteiger charge is 2.38. The zero-order valence-corrected chi connectivity index (χ0v) is 7.73. The Balaban J connectivity index is 2.60. The second-order valence-corrected chi connectivity index (χ2v) is 3.33. The minimum Gasteiger partial charge on any atom is -0.339 e. The lowest BCUT2D eigenvalue weighted by molar-refractivity contribution is -0.140. The molecule has 5 heteroatoms. The lowest BCUT2D eigenvalue weighted by atomic mass is 10.1.